The average Bonchev–Trinajstić information content (AvgIpc) is 2.81. The summed E-state index contributed by atoms with van der Waals surface area (Å²) in [6.07, 6.45) is -5.02. The van der Waals surface area contributed by atoms with Crippen molar-refractivity contribution in [2.45, 2.75) is 13.1 Å². The lowest BCUT2D eigenvalue weighted by atomic mass is 10.2. The maximum Gasteiger partial charge on any atom is 0.453 e. The van der Waals surface area contributed by atoms with Gasteiger partial charge in [-0.25, -0.2) is 4.79 Å². The van der Waals surface area contributed by atoms with Crippen molar-refractivity contribution in [3.8, 4) is 23.0 Å². The Morgan fingerprint density at radius 1 is 0.943 bits per heavy atom. The highest BCUT2D eigenvalue weighted by atomic mass is 35.5. The Labute approximate surface area is 201 Å². The second-order valence-electron chi connectivity index (χ2n) is 7.38. The molecule has 1 aromatic heterocycles. The van der Waals surface area contributed by atoms with E-state index in [1.807, 2.05) is 0 Å². The molecule has 4 rings (SSSR count). The topological polar surface area (TPSA) is 75.0 Å². The van der Waals surface area contributed by atoms with Crippen LogP contribution in [0.1, 0.15) is 11.3 Å². The van der Waals surface area contributed by atoms with E-state index in [1.165, 1.54) is 24.3 Å². The number of alkyl halides is 3. The molecule has 35 heavy (non-hydrogen) atoms. The third kappa shape index (κ3) is 5.75. The monoisotopic (exact) mass is 504 g/mol. The fourth-order valence-corrected chi connectivity index (χ4v) is 3.18. The standard InChI is InChI=1S/C25H16ClF3O6/c1-14-2-6-17(7-3-14)34-23-22(31)19-11-10-18(12-20(19)35-24(23)25(27,28)29)33-21(30)13-32-16-8-4-15(26)5-9-16/h2-12H,13H2,1H3. The van der Waals surface area contributed by atoms with Gasteiger partial charge >= 0.3 is 12.1 Å². The van der Waals surface area contributed by atoms with Crippen LogP contribution in [0.5, 0.6) is 23.0 Å². The minimum absolute atomic E-state index is 0.0407. The summed E-state index contributed by atoms with van der Waals surface area (Å²) in [6, 6.07) is 15.8. The lowest BCUT2D eigenvalue weighted by Gasteiger charge is -2.14. The second-order valence-corrected chi connectivity index (χ2v) is 7.81. The number of ether oxygens (including phenoxy) is 3. The van der Waals surface area contributed by atoms with Crippen LogP contribution in [0.2, 0.25) is 5.02 Å². The average molecular weight is 505 g/mol. The van der Waals surface area contributed by atoms with Crippen molar-refractivity contribution in [3.63, 3.8) is 0 Å². The summed E-state index contributed by atoms with van der Waals surface area (Å²) in [7, 11) is 0. The van der Waals surface area contributed by atoms with Gasteiger partial charge in [0, 0.05) is 11.1 Å². The van der Waals surface area contributed by atoms with Crippen LogP contribution < -0.4 is 19.6 Å². The Morgan fingerprint density at radius 2 is 1.57 bits per heavy atom. The van der Waals surface area contributed by atoms with Gasteiger partial charge in [-0.3, -0.25) is 4.79 Å². The van der Waals surface area contributed by atoms with Crippen molar-refractivity contribution in [2.24, 2.45) is 0 Å². The summed E-state index contributed by atoms with van der Waals surface area (Å²) in [6.45, 7) is 1.32. The summed E-state index contributed by atoms with van der Waals surface area (Å²) in [5.41, 5.74) is -0.592. The molecule has 0 spiro atoms. The number of carbonyl (C=O) groups excluding carboxylic acids is 1. The number of esters is 1. The van der Waals surface area contributed by atoms with Gasteiger partial charge in [0.25, 0.3) is 5.76 Å². The van der Waals surface area contributed by atoms with Gasteiger partial charge in [-0.2, -0.15) is 13.2 Å². The van der Waals surface area contributed by atoms with Gasteiger partial charge in [-0.1, -0.05) is 29.3 Å². The molecule has 4 aromatic rings. The molecule has 180 valence electrons. The molecule has 0 saturated carbocycles. The molecule has 0 unspecified atom stereocenters. The molecule has 0 fully saturated rings. The Hall–Kier alpha value is -3.98. The number of rotatable bonds is 6. The molecule has 0 aliphatic carbocycles. The van der Waals surface area contributed by atoms with Gasteiger partial charge in [0.2, 0.25) is 11.2 Å². The molecular formula is C25H16ClF3O6. The zero-order valence-electron chi connectivity index (χ0n) is 18.0. The summed E-state index contributed by atoms with van der Waals surface area (Å²) >= 11 is 5.78. The number of benzene rings is 3. The van der Waals surface area contributed by atoms with E-state index in [-0.39, 0.29) is 16.9 Å². The van der Waals surface area contributed by atoms with Gasteiger partial charge in [-0.15, -0.1) is 0 Å². The molecule has 0 amide bonds. The van der Waals surface area contributed by atoms with Crippen molar-refractivity contribution in [1.82, 2.24) is 0 Å². The van der Waals surface area contributed by atoms with Crippen LogP contribution in [0.3, 0.4) is 0 Å². The van der Waals surface area contributed by atoms with Crippen molar-refractivity contribution in [1.29, 1.82) is 0 Å². The molecule has 3 aromatic carbocycles. The molecule has 0 aliphatic rings. The van der Waals surface area contributed by atoms with E-state index in [4.69, 9.17) is 30.2 Å². The summed E-state index contributed by atoms with van der Waals surface area (Å²) < 4.78 is 61.8. The number of fused-ring (bicyclic) bond motifs is 1. The number of aryl methyl sites for hydroxylation is 1. The highest BCUT2D eigenvalue weighted by Crippen LogP contribution is 2.38. The van der Waals surface area contributed by atoms with Gasteiger partial charge in [-0.05, 0) is 55.5 Å². The zero-order chi connectivity index (χ0) is 25.2. The predicted molar refractivity (Wildman–Crippen MR) is 121 cm³/mol. The first kappa shape index (κ1) is 24.2. The first-order valence-corrected chi connectivity index (χ1v) is 10.5. The zero-order valence-corrected chi connectivity index (χ0v) is 18.8. The molecule has 10 heteroatoms. The highest BCUT2D eigenvalue weighted by Gasteiger charge is 2.40. The molecule has 0 aliphatic heterocycles. The minimum atomic E-state index is -5.02. The van der Waals surface area contributed by atoms with E-state index in [1.54, 1.807) is 43.3 Å². The Morgan fingerprint density at radius 3 is 2.23 bits per heavy atom. The molecule has 6 nitrogen and oxygen atoms in total. The molecule has 0 radical (unpaired) electrons. The summed E-state index contributed by atoms with van der Waals surface area (Å²) in [4.78, 5) is 25.0. The number of halogens is 4. The largest absolute Gasteiger partial charge is 0.482 e. The van der Waals surface area contributed by atoms with Crippen LogP contribution in [0.25, 0.3) is 11.0 Å². The summed E-state index contributed by atoms with van der Waals surface area (Å²) in [5.74, 6) is -3.14. The Bertz CT molecular complexity index is 1430. The number of carbonyl (C=O) groups is 1. The normalized spacial score (nSPS) is 11.3. The van der Waals surface area contributed by atoms with Crippen LogP contribution in [-0.2, 0) is 11.0 Å². The third-order valence-corrected chi connectivity index (χ3v) is 4.97. The Kier molecular flexibility index (Phi) is 6.70. The first-order valence-electron chi connectivity index (χ1n) is 10.1. The van der Waals surface area contributed by atoms with Crippen LogP contribution in [0.15, 0.2) is 75.9 Å². The number of hydrogen-bond acceptors (Lipinski definition) is 6. The van der Waals surface area contributed by atoms with Crippen molar-refractivity contribution in [3.05, 3.63) is 93.3 Å². The van der Waals surface area contributed by atoms with E-state index in [0.717, 1.165) is 11.6 Å². The quantitative estimate of drug-likeness (QED) is 0.219. The number of hydrogen-bond donors (Lipinski definition) is 0. The maximum absolute atomic E-state index is 13.7. The smallest absolute Gasteiger partial charge is 0.453 e. The molecule has 0 saturated heterocycles. The van der Waals surface area contributed by atoms with Gasteiger partial charge in [0.15, 0.2) is 6.61 Å². The lowest BCUT2D eigenvalue weighted by molar-refractivity contribution is -0.154. The van der Waals surface area contributed by atoms with E-state index < -0.39 is 41.3 Å². The van der Waals surface area contributed by atoms with E-state index in [9.17, 15) is 22.8 Å². The van der Waals surface area contributed by atoms with Crippen LogP contribution in [0, 0.1) is 6.92 Å². The minimum Gasteiger partial charge on any atom is -0.482 e. The van der Waals surface area contributed by atoms with Gasteiger partial charge in [0.05, 0.1) is 5.39 Å². The molecule has 1 heterocycles. The van der Waals surface area contributed by atoms with E-state index in [2.05, 4.69) is 0 Å². The Balaban J connectivity index is 1.60. The lowest BCUT2D eigenvalue weighted by Crippen LogP contribution is -2.18. The van der Waals surface area contributed by atoms with E-state index >= 15 is 0 Å². The predicted octanol–water partition coefficient (Wildman–Crippen LogP) is 6.55. The third-order valence-electron chi connectivity index (χ3n) is 4.72. The van der Waals surface area contributed by atoms with E-state index in [0.29, 0.717) is 10.8 Å². The van der Waals surface area contributed by atoms with Gasteiger partial charge < -0.3 is 18.6 Å². The first-order chi connectivity index (χ1) is 16.6. The maximum atomic E-state index is 13.7. The molecule has 0 atom stereocenters. The fraction of sp³-hybridized carbons (Fsp3) is 0.120. The fourth-order valence-electron chi connectivity index (χ4n) is 3.06. The molecule has 0 bridgehead atoms. The van der Waals surface area contributed by atoms with Crippen LogP contribution >= 0.6 is 11.6 Å². The van der Waals surface area contributed by atoms with Crippen LogP contribution in [-0.4, -0.2) is 12.6 Å². The second kappa shape index (κ2) is 9.71. The van der Waals surface area contributed by atoms with Crippen molar-refractivity contribution < 1.29 is 36.6 Å². The summed E-state index contributed by atoms with van der Waals surface area (Å²) in [5, 5.41) is 0.306. The molecular weight excluding hydrogens is 489 g/mol. The van der Waals surface area contributed by atoms with Gasteiger partial charge in [0.1, 0.15) is 22.8 Å². The van der Waals surface area contributed by atoms with Crippen molar-refractivity contribution >= 4 is 28.5 Å². The SMILES string of the molecule is Cc1ccc(Oc2c(C(F)(F)F)oc3cc(OC(=O)COc4ccc(Cl)cc4)ccc3c2=O)cc1. The van der Waals surface area contributed by atoms with Crippen molar-refractivity contribution in [2.75, 3.05) is 6.61 Å². The highest BCUT2D eigenvalue weighted by molar-refractivity contribution is 6.30. The van der Waals surface area contributed by atoms with Crippen LogP contribution in [0.4, 0.5) is 13.2 Å². The molecule has 0 N–H and O–H groups in total.